The van der Waals surface area contributed by atoms with Gasteiger partial charge in [0.2, 0.25) is 0 Å². The molecule has 0 atom stereocenters. The van der Waals surface area contributed by atoms with Crippen LogP contribution in [0.15, 0.2) is 18.2 Å². The van der Waals surface area contributed by atoms with Crippen molar-refractivity contribution in [2.24, 2.45) is 11.5 Å². The van der Waals surface area contributed by atoms with Crippen molar-refractivity contribution >= 4 is 0 Å². The minimum absolute atomic E-state index is 0.146. The van der Waals surface area contributed by atoms with Crippen LogP contribution in [-0.2, 0) is 5.54 Å². The van der Waals surface area contributed by atoms with Crippen molar-refractivity contribution in [3.05, 3.63) is 34.9 Å². The van der Waals surface area contributed by atoms with Crippen LogP contribution in [-0.4, -0.2) is 6.04 Å². The lowest BCUT2D eigenvalue weighted by Gasteiger charge is -2.36. The molecule has 1 aliphatic carbocycles. The van der Waals surface area contributed by atoms with Crippen LogP contribution in [0.4, 0.5) is 0 Å². The highest BCUT2D eigenvalue weighted by atomic mass is 14.8. The normalized spacial score (nSPS) is 30.4. The zero-order valence-electron chi connectivity index (χ0n) is 10.3. The monoisotopic (exact) mass is 218 g/mol. The van der Waals surface area contributed by atoms with Gasteiger partial charge in [-0.1, -0.05) is 29.3 Å². The van der Waals surface area contributed by atoms with E-state index < -0.39 is 0 Å². The van der Waals surface area contributed by atoms with Gasteiger partial charge < -0.3 is 11.5 Å². The molecule has 0 saturated heterocycles. The summed E-state index contributed by atoms with van der Waals surface area (Å²) in [6.07, 6.45) is 4.11. The number of hydrogen-bond acceptors (Lipinski definition) is 2. The zero-order chi connectivity index (χ0) is 11.8. The Morgan fingerprint density at radius 3 is 2.06 bits per heavy atom. The van der Waals surface area contributed by atoms with Crippen LogP contribution in [0.2, 0.25) is 0 Å². The molecule has 2 rings (SSSR count). The molecule has 1 aliphatic rings. The van der Waals surface area contributed by atoms with Crippen LogP contribution in [0.1, 0.15) is 42.4 Å². The van der Waals surface area contributed by atoms with Crippen LogP contribution in [0.5, 0.6) is 0 Å². The maximum Gasteiger partial charge on any atom is 0.0411 e. The Morgan fingerprint density at radius 2 is 1.56 bits per heavy atom. The Morgan fingerprint density at radius 1 is 1.06 bits per heavy atom. The fourth-order valence-corrected chi connectivity index (χ4v) is 2.71. The predicted molar refractivity (Wildman–Crippen MR) is 68.2 cm³/mol. The first-order valence-electron chi connectivity index (χ1n) is 6.13. The van der Waals surface area contributed by atoms with E-state index in [4.69, 9.17) is 11.5 Å². The van der Waals surface area contributed by atoms with Crippen molar-refractivity contribution in [3.63, 3.8) is 0 Å². The lowest BCUT2D eigenvalue weighted by Crippen LogP contribution is -2.43. The standard InChI is InChI=1S/C14H22N2/c1-10-7-11(2)9-12(8-10)14(16)5-3-13(15)4-6-14/h7-9,13H,3-6,15-16H2,1-2H3. The van der Waals surface area contributed by atoms with Gasteiger partial charge in [-0.15, -0.1) is 0 Å². The molecule has 0 amide bonds. The van der Waals surface area contributed by atoms with E-state index in [-0.39, 0.29) is 5.54 Å². The molecule has 1 aromatic carbocycles. The van der Waals surface area contributed by atoms with Crippen molar-refractivity contribution in [1.82, 2.24) is 0 Å². The van der Waals surface area contributed by atoms with Crippen LogP contribution < -0.4 is 11.5 Å². The molecule has 0 bridgehead atoms. The van der Waals surface area contributed by atoms with Crippen LogP contribution in [0.3, 0.4) is 0 Å². The van der Waals surface area contributed by atoms with Gasteiger partial charge in [0.25, 0.3) is 0 Å². The van der Waals surface area contributed by atoms with Crippen LogP contribution in [0, 0.1) is 13.8 Å². The second kappa shape index (κ2) is 4.19. The van der Waals surface area contributed by atoms with E-state index in [1.807, 2.05) is 0 Å². The van der Waals surface area contributed by atoms with Gasteiger partial charge in [-0.2, -0.15) is 0 Å². The minimum atomic E-state index is -0.146. The number of aryl methyl sites for hydroxylation is 2. The zero-order valence-corrected chi connectivity index (χ0v) is 10.3. The van der Waals surface area contributed by atoms with Crippen molar-refractivity contribution in [2.45, 2.75) is 51.1 Å². The fraction of sp³-hybridized carbons (Fsp3) is 0.571. The van der Waals surface area contributed by atoms with Gasteiger partial charge in [-0.25, -0.2) is 0 Å². The minimum Gasteiger partial charge on any atom is -0.328 e. The Bertz CT molecular complexity index is 356. The van der Waals surface area contributed by atoms with Crippen molar-refractivity contribution < 1.29 is 0 Å². The highest BCUT2D eigenvalue weighted by Crippen LogP contribution is 2.35. The maximum absolute atomic E-state index is 6.52. The van der Waals surface area contributed by atoms with Gasteiger partial charge in [0.1, 0.15) is 0 Å². The SMILES string of the molecule is Cc1cc(C)cc(C2(N)CCC(N)CC2)c1. The summed E-state index contributed by atoms with van der Waals surface area (Å²) in [6, 6.07) is 7.00. The Labute approximate surface area is 98.0 Å². The molecule has 1 fully saturated rings. The first-order chi connectivity index (χ1) is 7.49. The average Bonchev–Trinajstić information content (AvgIpc) is 2.21. The number of hydrogen-bond donors (Lipinski definition) is 2. The van der Waals surface area contributed by atoms with E-state index in [1.54, 1.807) is 0 Å². The fourth-order valence-electron chi connectivity index (χ4n) is 2.71. The van der Waals surface area contributed by atoms with E-state index in [1.165, 1.54) is 16.7 Å². The largest absolute Gasteiger partial charge is 0.328 e. The molecular formula is C14H22N2. The summed E-state index contributed by atoms with van der Waals surface area (Å²) in [5, 5.41) is 0. The number of nitrogens with two attached hydrogens (primary N) is 2. The molecule has 1 aromatic rings. The van der Waals surface area contributed by atoms with E-state index in [2.05, 4.69) is 32.0 Å². The molecule has 16 heavy (non-hydrogen) atoms. The second-order valence-corrected chi connectivity index (χ2v) is 5.37. The summed E-state index contributed by atoms with van der Waals surface area (Å²) in [7, 11) is 0. The summed E-state index contributed by atoms with van der Waals surface area (Å²) in [5.41, 5.74) is 16.2. The molecule has 0 spiro atoms. The topological polar surface area (TPSA) is 52.0 Å². The van der Waals surface area contributed by atoms with Gasteiger partial charge in [0.15, 0.2) is 0 Å². The van der Waals surface area contributed by atoms with Gasteiger partial charge >= 0.3 is 0 Å². The lowest BCUT2D eigenvalue weighted by atomic mass is 9.75. The molecule has 2 heteroatoms. The van der Waals surface area contributed by atoms with Gasteiger partial charge in [0.05, 0.1) is 0 Å². The van der Waals surface area contributed by atoms with E-state index >= 15 is 0 Å². The molecule has 4 N–H and O–H groups in total. The van der Waals surface area contributed by atoms with Crippen molar-refractivity contribution in [3.8, 4) is 0 Å². The Hall–Kier alpha value is -0.860. The molecule has 0 heterocycles. The third kappa shape index (κ3) is 2.28. The Kier molecular flexibility index (Phi) is 3.04. The van der Waals surface area contributed by atoms with Crippen molar-refractivity contribution in [2.75, 3.05) is 0 Å². The molecule has 0 aliphatic heterocycles. The highest BCUT2D eigenvalue weighted by Gasteiger charge is 2.32. The molecule has 0 aromatic heterocycles. The van der Waals surface area contributed by atoms with Gasteiger partial charge in [-0.3, -0.25) is 0 Å². The number of rotatable bonds is 1. The summed E-state index contributed by atoms with van der Waals surface area (Å²) in [6.45, 7) is 4.27. The summed E-state index contributed by atoms with van der Waals surface area (Å²) >= 11 is 0. The Balaban J connectivity index is 2.28. The van der Waals surface area contributed by atoms with Gasteiger partial charge in [0, 0.05) is 11.6 Å². The van der Waals surface area contributed by atoms with Crippen molar-refractivity contribution in [1.29, 1.82) is 0 Å². The lowest BCUT2D eigenvalue weighted by molar-refractivity contribution is 0.277. The molecule has 0 unspecified atom stereocenters. The second-order valence-electron chi connectivity index (χ2n) is 5.37. The molecule has 2 nitrogen and oxygen atoms in total. The average molecular weight is 218 g/mol. The predicted octanol–water partition coefficient (Wildman–Crippen LogP) is 2.36. The third-order valence-corrected chi connectivity index (χ3v) is 3.72. The molecule has 0 radical (unpaired) electrons. The number of benzene rings is 1. The molecular weight excluding hydrogens is 196 g/mol. The summed E-state index contributed by atoms with van der Waals surface area (Å²) < 4.78 is 0. The highest BCUT2D eigenvalue weighted by molar-refractivity contribution is 5.33. The smallest absolute Gasteiger partial charge is 0.0411 e. The summed E-state index contributed by atoms with van der Waals surface area (Å²) in [5.74, 6) is 0. The molecule has 1 saturated carbocycles. The van der Waals surface area contributed by atoms with E-state index in [9.17, 15) is 0 Å². The van der Waals surface area contributed by atoms with Gasteiger partial charge in [-0.05, 0) is 45.1 Å². The molecule has 88 valence electrons. The first kappa shape index (κ1) is 11.6. The van der Waals surface area contributed by atoms with E-state index in [0.717, 1.165) is 25.7 Å². The third-order valence-electron chi connectivity index (χ3n) is 3.72. The first-order valence-corrected chi connectivity index (χ1v) is 6.13. The maximum atomic E-state index is 6.52. The van der Waals surface area contributed by atoms with Crippen LogP contribution >= 0.6 is 0 Å². The van der Waals surface area contributed by atoms with Crippen LogP contribution in [0.25, 0.3) is 0 Å². The summed E-state index contributed by atoms with van der Waals surface area (Å²) in [4.78, 5) is 0. The quantitative estimate of drug-likeness (QED) is 0.760. The van der Waals surface area contributed by atoms with E-state index in [0.29, 0.717) is 6.04 Å².